The summed E-state index contributed by atoms with van der Waals surface area (Å²) < 4.78 is 23.6. The van der Waals surface area contributed by atoms with Crippen molar-refractivity contribution < 1.29 is 33.6 Å². The van der Waals surface area contributed by atoms with Crippen molar-refractivity contribution in [3.63, 3.8) is 0 Å². The Morgan fingerprint density at radius 1 is 0.932 bits per heavy atom. The zero-order valence-electron chi connectivity index (χ0n) is 25.5. The molecule has 1 unspecified atom stereocenters. The monoisotopic (exact) mass is 616 g/mol. The summed E-state index contributed by atoms with van der Waals surface area (Å²) in [5.74, 6) is 0.875. The number of methoxy groups -OCH3 is 1. The van der Waals surface area contributed by atoms with Crippen LogP contribution >= 0.6 is 11.3 Å². The molecule has 1 atom stereocenters. The van der Waals surface area contributed by atoms with Gasteiger partial charge in [-0.2, -0.15) is 0 Å². The van der Waals surface area contributed by atoms with Crippen molar-refractivity contribution in [3.05, 3.63) is 77.4 Å². The van der Waals surface area contributed by atoms with Gasteiger partial charge in [0.25, 0.3) is 5.78 Å². The SMILES string of the molecule is CCOc1ccc(/C(O)=C2\C(=O)C(=O)N(c3nc4ccc(OCC)cc4s3)C2c2ccc(OCCC(C)C)c(OC)c2)cc1. The molecule has 9 nitrogen and oxygen atoms in total. The number of rotatable bonds is 12. The first-order valence-electron chi connectivity index (χ1n) is 14.6. The summed E-state index contributed by atoms with van der Waals surface area (Å²) in [7, 11) is 1.54. The summed E-state index contributed by atoms with van der Waals surface area (Å²) in [5, 5.41) is 11.9. The van der Waals surface area contributed by atoms with Gasteiger partial charge in [-0.1, -0.05) is 31.3 Å². The molecule has 1 N–H and O–H groups in total. The second kappa shape index (κ2) is 13.4. The Labute approximate surface area is 260 Å². The normalized spacial score (nSPS) is 16.1. The molecule has 1 saturated heterocycles. The molecule has 3 aromatic carbocycles. The van der Waals surface area contributed by atoms with Crippen LogP contribution in [0.1, 0.15) is 51.3 Å². The fourth-order valence-corrected chi connectivity index (χ4v) is 6.03. The number of benzene rings is 3. The number of carbonyl (C=O) groups excluding carboxylic acids is 2. The number of amides is 1. The lowest BCUT2D eigenvalue weighted by atomic mass is 9.95. The molecule has 0 spiro atoms. The number of Topliss-reactive ketones (excluding diaryl/α,β-unsaturated/α-hetero) is 1. The Morgan fingerprint density at radius 2 is 1.64 bits per heavy atom. The van der Waals surface area contributed by atoms with E-state index < -0.39 is 17.7 Å². The number of fused-ring (bicyclic) bond motifs is 1. The fraction of sp³-hybridized carbons (Fsp3) is 0.324. The van der Waals surface area contributed by atoms with E-state index in [0.29, 0.717) is 70.5 Å². The van der Waals surface area contributed by atoms with Gasteiger partial charge in [0, 0.05) is 5.56 Å². The van der Waals surface area contributed by atoms with Gasteiger partial charge in [-0.05, 0) is 86.3 Å². The number of thiazole rings is 1. The van der Waals surface area contributed by atoms with E-state index in [9.17, 15) is 14.7 Å². The van der Waals surface area contributed by atoms with Crippen molar-refractivity contribution in [1.82, 2.24) is 4.98 Å². The van der Waals surface area contributed by atoms with Gasteiger partial charge in [-0.15, -0.1) is 0 Å². The van der Waals surface area contributed by atoms with Crippen LogP contribution in [0.5, 0.6) is 23.0 Å². The molecular weight excluding hydrogens is 580 g/mol. The second-order valence-electron chi connectivity index (χ2n) is 10.6. The predicted molar refractivity (Wildman–Crippen MR) is 171 cm³/mol. The molecule has 0 saturated carbocycles. The minimum absolute atomic E-state index is 0.0519. The van der Waals surface area contributed by atoms with Gasteiger partial charge in [0.2, 0.25) is 0 Å². The quantitative estimate of drug-likeness (QED) is 0.102. The lowest BCUT2D eigenvalue weighted by molar-refractivity contribution is -0.132. The molecule has 0 bridgehead atoms. The van der Waals surface area contributed by atoms with Gasteiger partial charge in [0.05, 0.1) is 48.8 Å². The van der Waals surface area contributed by atoms with Crippen LogP contribution in [0.4, 0.5) is 5.13 Å². The first-order valence-corrected chi connectivity index (χ1v) is 15.5. The van der Waals surface area contributed by atoms with Gasteiger partial charge in [0.15, 0.2) is 16.6 Å². The summed E-state index contributed by atoms with van der Waals surface area (Å²) in [6.07, 6.45) is 0.871. The molecule has 10 heteroatoms. The van der Waals surface area contributed by atoms with E-state index in [0.717, 1.165) is 11.1 Å². The average molecular weight is 617 g/mol. The maximum atomic E-state index is 13.7. The van der Waals surface area contributed by atoms with E-state index in [2.05, 4.69) is 13.8 Å². The van der Waals surface area contributed by atoms with Crippen LogP contribution in [0.25, 0.3) is 16.0 Å². The smallest absolute Gasteiger partial charge is 0.301 e. The molecule has 4 aromatic rings. The first-order chi connectivity index (χ1) is 21.2. The van der Waals surface area contributed by atoms with E-state index in [1.807, 2.05) is 32.0 Å². The number of anilines is 1. The second-order valence-corrected chi connectivity index (χ2v) is 11.6. The fourth-order valence-electron chi connectivity index (χ4n) is 5.01. The molecule has 1 fully saturated rings. The van der Waals surface area contributed by atoms with Crippen LogP contribution in [0.2, 0.25) is 0 Å². The molecule has 1 aromatic heterocycles. The molecule has 2 heterocycles. The Kier molecular flexibility index (Phi) is 9.39. The molecule has 0 radical (unpaired) electrons. The largest absolute Gasteiger partial charge is 0.507 e. The molecule has 0 aliphatic carbocycles. The van der Waals surface area contributed by atoms with E-state index in [1.165, 1.54) is 23.3 Å². The highest BCUT2D eigenvalue weighted by atomic mass is 32.1. The third-order valence-corrected chi connectivity index (χ3v) is 8.22. The molecule has 44 heavy (non-hydrogen) atoms. The Bertz CT molecular complexity index is 1690. The average Bonchev–Trinajstić information content (AvgIpc) is 3.55. The van der Waals surface area contributed by atoms with Gasteiger partial charge < -0.3 is 24.1 Å². The van der Waals surface area contributed by atoms with E-state index in [4.69, 9.17) is 23.9 Å². The lowest BCUT2D eigenvalue weighted by Crippen LogP contribution is -2.29. The van der Waals surface area contributed by atoms with Crippen LogP contribution in [0.15, 0.2) is 66.2 Å². The summed E-state index contributed by atoms with van der Waals surface area (Å²) in [6.45, 7) is 9.54. The third-order valence-electron chi connectivity index (χ3n) is 7.21. The van der Waals surface area contributed by atoms with Crippen molar-refractivity contribution >= 4 is 44.1 Å². The number of nitrogens with zero attached hydrogens (tertiary/aromatic N) is 2. The number of ether oxygens (including phenoxy) is 4. The van der Waals surface area contributed by atoms with E-state index in [1.54, 1.807) is 42.5 Å². The number of aliphatic hydroxyl groups is 1. The lowest BCUT2D eigenvalue weighted by Gasteiger charge is -2.24. The van der Waals surface area contributed by atoms with Crippen molar-refractivity contribution in [3.8, 4) is 23.0 Å². The van der Waals surface area contributed by atoms with Crippen LogP contribution in [0.3, 0.4) is 0 Å². The zero-order chi connectivity index (χ0) is 31.4. The number of aromatic nitrogens is 1. The summed E-state index contributed by atoms with van der Waals surface area (Å²) in [4.78, 5) is 33.5. The third kappa shape index (κ3) is 6.21. The maximum Gasteiger partial charge on any atom is 0.301 e. The Balaban J connectivity index is 1.64. The first kappa shape index (κ1) is 30.9. The summed E-state index contributed by atoms with van der Waals surface area (Å²) in [6, 6.07) is 16.5. The predicted octanol–water partition coefficient (Wildman–Crippen LogP) is 7.15. The van der Waals surface area contributed by atoms with Crippen LogP contribution in [-0.4, -0.2) is 48.7 Å². The minimum Gasteiger partial charge on any atom is -0.507 e. The Morgan fingerprint density at radius 3 is 2.32 bits per heavy atom. The molecule has 5 rings (SSSR count). The van der Waals surface area contributed by atoms with E-state index in [-0.39, 0.29) is 11.3 Å². The Hall–Kier alpha value is -4.57. The van der Waals surface area contributed by atoms with E-state index >= 15 is 0 Å². The molecule has 1 aliphatic rings. The van der Waals surface area contributed by atoms with Crippen LogP contribution in [-0.2, 0) is 9.59 Å². The minimum atomic E-state index is -0.980. The molecule has 1 amide bonds. The van der Waals surface area contributed by atoms with Crippen LogP contribution < -0.4 is 23.8 Å². The molecular formula is C34H36N2O7S. The van der Waals surface area contributed by atoms with Crippen molar-refractivity contribution in [1.29, 1.82) is 0 Å². The van der Waals surface area contributed by atoms with Gasteiger partial charge in [-0.25, -0.2) is 4.98 Å². The summed E-state index contributed by atoms with van der Waals surface area (Å²) in [5.41, 5.74) is 1.54. The highest BCUT2D eigenvalue weighted by Gasteiger charge is 2.48. The number of aliphatic hydroxyl groups excluding tert-OH is 1. The van der Waals surface area contributed by atoms with Crippen molar-refractivity contribution in [2.75, 3.05) is 31.8 Å². The highest BCUT2D eigenvalue weighted by molar-refractivity contribution is 7.22. The zero-order valence-corrected chi connectivity index (χ0v) is 26.3. The number of carbonyl (C=O) groups is 2. The number of hydrogen-bond donors (Lipinski definition) is 1. The number of ketones is 1. The maximum absolute atomic E-state index is 13.7. The van der Waals surface area contributed by atoms with Crippen molar-refractivity contribution in [2.24, 2.45) is 5.92 Å². The summed E-state index contributed by atoms with van der Waals surface area (Å²) >= 11 is 1.27. The van der Waals surface area contributed by atoms with Crippen molar-refractivity contribution in [2.45, 2.75) is 40.2 Å². The molecule has 1 aliphatic heterocycles. The van der Waals surface area contributed by atoms with Gasteiger partial charge >= 0.3 is 5.91 Å². The van der Waals surface area contributed by atoms with Crippen LogP contribution in [0, 0.1) is 5.92 Å². The highest BCUT2D eigenvalue weighted by Crippen LogP contribution is 2.46. The molecule has 230 valence electrons. The van der Waals surface area contributed by atoms with Gasteiger partial charge in [-0.3, -0.25) is 14.5 Å². The standard InChI is InChI=1S/C34H36N2O7S/c1-6-41-23-11-8-21(9-12-23)31(37)29-30(22-10-15-26(27(18-22)40-5)43-17-16-20(3)4)36(33(39)32(29)38)34-35-25-14-13-24(42-7-2)19-28(25)44-34/h8-15,18-20,30,37H,6-7,16-17H2,1-5H3/b31-29+. The topological polar surface area (TPSA) is 107 Å². The number of hydrogen-bond acceptors (Lipinski definition) is 9. The van der Waals surface area contributed by atoms with Gasteiger partial charge in [0.1, 0.15) is 17.3 Å².